The number of amides is 3. The zero-order valence-electron chi connectivity index (χ0n) is 18.5. The van der Waals surface area contributed by atoms with Crippen molar-refractivity contribution in [1.29, 1.82) is 0 Å². The van der Waals surface area contributed by atoms with Gasteiger partial charge in [-0.25, -0.2) is 9.37 Å². The molecule has 0 aliphatic carbocycles. The lowest BCUT2D eigenvalue weighted by atomic mass is 10.00. The van der Waals surface area contributed by atoms with Crippen LogP contribution < -0.4 is 0 Å². The number of carbonyl (C=O) groups excluding carboxylic acids is 2. The highest BCUT2D eigenvalue weighted by Gasteiger charge is 2.53. The zero-order valence-corrected chi connectivity index (χ0v) is 18.5. The van der Waals surface area contributed by atoms with Gasteiger partial charge >= 0.3 is 11.9 Å². The molecule has 3 heterocycles. The quantitative estimate of drug-likeness (QED) is 0.701. The van der Waals surface area contributed by atoms with Gasteiger partial charge in [-0.05, 0) is 43.3 Å². The molecule has 2 unspecified atom stereocenters. The summed E-state index contributed by atoms with van der Waals surface area (Å²) < 4.78 is 2.10. The Morgan fingerprint density at radius 1 is 1.10 bits per heavy atom. The van der Waals surface area contributed by atoms with E-state index in [1.807, 2.05) is 0 Å². The van der Waals surface area contributed by atoms with E-state index >= 15 is 0 Å². The standard InChI is InChI=1S/C23H32N5O2/c1-5-18-8-6-7-13-27(18)15-19-24-21-20(22(29)26(4)23(30)25(21)3)28(19)14-17-11-9-16(2)10-12-17/h9-12,18,20H,5-8,13-15H2,1-4H3/q+1. The Morgan fingerprint density at radius 3 is 2.53 bits per heavy atom. The van der Waals surface area contributed by atoms with Gasteiger partial charge in [0, 0.05) is 20.1 Å². The van der Waals surface area contributed by atoms with E-state index in [0.29, 0.717) is 25.0 Å². The van der Waals surface area contributed by atoms with Gasteiger partial charge in [0.25, 0.3) is 17.8 Å². The van der Waals surface area contributed by atoms with Crippen LogP contribution in [0, 0.1) is 6.92 Å². The molecule has 0 radical (unpaired) electrons. The summed E-state index contributed by atoms with van der Waals surface area (Å²) >= 11 is 0. The lowest BCUT2D eigenvalue weighted by molar-refractivity contribution is -0.552. The van der Waals surface area contributed by atoms with Crippen molar-refractivity contribution in [2.75, 3.05) is 27.2 Å². The predicted octanol–water partition coefficient (Wildman–Crippen LogP) is 2.48. The summed E-state index contributed by atoms with van der Waals surface area (Å²) in [4.78, 5) is 35.7. The van der Waals surface area contributed by atoms with Gasteiger partial charge in [0.1, 0.15) is 13.1 Å². The summed E-state index contributed by atoms with van der Waals surface area (Å²) in [5.74, 6) is 1.24. The van der Waals surface area contributed by atoms with Crippen LogP contribution in [0.3, 0.4) is 0 Å². The van der Waals surface area contributed by atoms with Gasteiger partial charge in [0.2, 0.25) is 0 Å². The van der Waals surface area contributed by atoms with Crippen molar-refractivity contribution in [1.82, 2.24) is 14.7 Å². The summed E-state index contributed by atoms with van der Waals surface area (Å²) in [6.45, 7) is 6.67. The number of aryl methyl sites for hydroxylation is 1. The first-order valence-electron chi connectivity index (χ1n) is 11.0. The molecule has 2 saturated heterocycles. The highest BCUT2D eigenvalue weighted by molar-refractivity contribution is 6.23. The molecule has 2 fully saturated rings. The number of hydrogen-bond acceptors (Lipinski definition) is 4. The summed E-state index contributed by atoms with van der Waals surface area (Å²) in [7, 11) is 3.26. The number of likely N-dealkylation sites (N-methyl/N-ethyl adjacent to an activating group) is 2. The Kier molecular flexibility index (Phi) is 5.73. The predicted molar refractivity (Wildman–Crippen MR) is 117 cm³/mol. The molecule has 3 aliphatic rings. The molecule has 30 heavy (non-hydrogen) atoms. The number of likely N-dealkylation sites (tertiary alicyclic amines) is 1. The molecule has 1 aromatic rings. The minimum atomic E-state index is -0.543. The Morgan fingerprint density at radius 2 is 1.83 bits per heavy atom. The molecule has 0 saturated carbocycles. The van der Waals surface area contributed by atoms with Gasteiger partial charge in [-0.15, -0.1) is 0 Å². The van der Waals surface area contributed by atoms with Crippen LogP contribution in [-0.4, -0.2) is 82.2 Å². The maximum absolute atomic E-state index is 13.1. The third-order valence-electron chi connectivity index (χ3n) is 6.65. The van der Waals surface area contributed by atoms with Gasteiger partial charge in [0.05, 0.1) is 0 Å². The van der Waals surface area contributed by atoms with Crippen LogP contribution >= 0.6 is 0 Å². The second kappa shape index (κ2) is 8.30. The molecule has 3 aliphatic heterocycles. The number of nitrogens with zero attached hydrogens (tertiary/aromatic N) is 5. The van der Waals surface area contributed by atoms with Crippen molar-refractivity contribution in [2.24, 2.45) is 4.99 Å². The third-order valence-corrected chi connectivity index (χ3v) is 6.65. The van der Waals surface area contributed by atoms with Crippen LogP contribution in [0.25, 0.3) is 0 Å². The molecule has 2 atom stereocenters. The maximum Gasteiger partial charge on any atom is 0.333 e. The van der Waals surface area contributed by atoms with Gasteiger partial charge in [-0.3, -0.25) is 19.5 Å². The van der Waals surface area contributed by atoms with Crippen molar-refractivity contribution in [3.05, 3.63) is 35.4 Å². The van der Waals surface area contributed by atoms with Crippen molar-refractivity contribution < 1.29 is 14.2 Å². The number of fused-ring (bicyclic) bond motifs is 1. The SMILES string of the molecule is CCC1CCCCN1CC1=[N+](Cc2ccc(C)cc2)C2C(=O)N(C)C(=O)N(C)C2=N1. The summed E-state index contributed by atoms with van der Waals surface area (Å²) in [5, 5.41) is 0. The average Bonchev–Trinajstić information content (AvgIpc) is 3.10. The topological polar surface area (TPSA) is 59.2 Å². The largest absolute Gasteiger partial charge is 0.333 e. The van der Waals surface area contributed by atoms with Gasteiger partial charge in [0.15, 0.2) is 0 Å². The number of hydrogen-bond donors (Lipinski definition) is 0. The fourth-order valence-corrected chi connectivity index (χ4v) is 4.76. The maximum atomic E-state index is 13.1. The van der Waals surface area contributed by atoms with Crippen LogP contribution in [0.5, 0.6) is 0 Å². The molecule has 160 valence electrons. The van der Waals surface area contributed by atoms with Gasteiger partial charge in [-0.2, -0.15) is 0 Å². The smallest absolute Gasteiger partial charge is 0.289 e. The van der Waals surface area contributed by atoms with Crippen LogP contribution in [0.15, 0.2) is 29.3 Å². The Bertz CT molecular complexity index is 905. The molecule has 0 spiro atoms. The first-order chi connectivity index (χ1) is 14.4. The van der Waals surface area contributed by atoms with Gasteiger partial charge < -0.3 is 0 Å². The highest BCUT2D eigenvalue weighted by Crippen LogP contribution is 2.24. The highest BCUT2D eigenvalue weighted by atomic mass is 16.2. The normalized spacial score (nSPS) is 25.1. The fourth-order valence-electron chi connectivity index (χ4n) is 4.76. The van der Waals surface area contributed by atoms with E-state index in [4.69, 9.17) is 4.99 Å². The van der Waals surface area contributed by atoms with E-state index < -0.39 is 6.04 Å². The van der Waals surface area contributed by atoms with E-state index in [1.165, 1.54) is 34.6 Å². The Hall–Kier alpha value is -2.54. The second-order valence-electron chi connectivity index (χ2n) is 8.67. The molecule has 3 amide bonds. The number of piperidine rings is 1. The lowest BCUT2D eigenvalue weighted by Gasteiger charge is -2.34. The minimum Gasteiger partial charge on any atom is -0.289 e. The second-order valence-corrected chi connectivity index (χ2v) is 8.67. The number of rotatable bonds is 5. The van der Waals surface area contributed by atoms with Crippen molar-refractivity contribution in [2.45, 2.75) is 58.2 Å². The average molecular weight is 411 g/mol. The van der Waals surface area contributed by atoms with Crippen LogP contribution in [0.4, 0.5) is 4.79 Å². The van der Waals surface area contributed by atoms with Crippen LogP contribution in [0.1, 0.15) is 43.7 Å². The Labute approximate surface area is 178 Å². The zero-order chi connectivity index (χ0) is 21.4. The van der Waals surface area contributed by atoms with Crippen LogP contribution in [-0.2, 0) is 11.3 Å². The number of benzene rings is 1. The van der Waals surface area contributed by atoms with Crippen molar-refractivity contribution >= 4 is 23.6 Å². The molecule has 7 nitrogen and oxygen atoms in total. The summed E-state index contributed by atoms with van der Waals surface area (Å²) in [6, 6.07) is 8.08. The number of imide groups is 1. The monoisotopic (exact) mass is 410 g/mol. The van der Waals surface area contributed by atoms with Crippen LogP contribution in [0.2, 0.25) is 0 Å². The molecule has 7 heteroatoms. The van der Waals surface area contributed by atoms with E-state index in [-0.39, 0.29) is 11.9 Å². The molecule has 0 bridgehead atoms. The number of carbonyl (C=O) groups is 2. The summed E-state index contributed by atoms with van der Waals surface area (Å²) in [6.07, 6.45) is 4.80. The fraction of sp³-hybridized carbons (Fsp3) is 0.565. The van der Waals surface area contributed by atoms with Crippen molar-refractivity contribution in [3.63, 3.8) is 0 Å². The van der Waals surface area contributed by atoms with E-state index in [2.05, 4.69) is 47.6 Å². The van der Waals surface area contributed by atoms with Gasteiger partial charge in [-0.1, -0.05) is 43.2 Å². The van der Waals surface area contributed by atoms with E-state index in [9.17, 15) is 9.59 Å². The first-order valence-corrected chi connectivity index (χ1v) is 11.0. The lowest BCUT2D eigenvalue weighted by Crippen LogP contribution is -2.61. The number of urea groups is 1. The Balaban J connectivity index is 1.71. The molecular formula is C23H32N5O2+. The third kappa shape index (κ3) is 3.67. The molecule has 0 N–H and O–H groups in total. The van der Waals surface area contributed by atoms with E-state index in [0.717, 1.165) is 24.4 Å². The van der Waals surface area contributed by atoms with E-state index in [1.54, 1.807) is 14.1 Å². The number of aliphatic imine (C=N–C) groups is 1. The first kappa shape index (κ1) is 20.7. The molecular weight excluding hydrogens is 378 g/mol. The molecule has 4 rings (SSSR count). The number of amidine groups is 2. The molecule has 0 aromatic heterocycles. The minimum absolute atomic E-state index is 0.204. The summed E-state index contributed by atoms with van der Waals surface area (Å²) in [5.41, 5.74) is 2.34. The molecule has 1 aromatic carbocycles. The van der Waals surface area contributed by atoms with Crippen molar-refractivity contribution in [3.8, 4) is 0 Å².